The summed E-state index contributed by atoms with van der Waals surface area (Å²) in [5.74, 6) is 0. The number of rotatable bonds is 1. The van der Waals surface area contributed by atoms with Crippen LogP contribution in [-0.4, -0.2) is 25.0 Å². The third-order valence-electron chi connectivity index (χ3n) is 1.90. The number of hydrogen-bond donors (Lipinski definition) is 2. The second-order valence-corrected chi connectivity index (χ2v) is 3.20. The Bertz CT molecular complexity index is 390. The van der Waals surface area contributed by atoms with E-state index in [1.54, 1.807) is 24.3 Å². The highest BCUT2D eigenvalue weighted by atomic mass is 16.4. The summed E-state index contributed by atoms with van der Waals surface area (Å²) in [6.07, 6.45) is 0. The minimum absolute atomic E-state index is 0.525. The molecule has 0 saturated carbocycles. The Kier molecular flexibility index (Phi) is 5.40. The molecule has 0 aromatic heterocycles. The van der Waals surface area contributed by atoms with E-state index in [1.165, 1.54) is 0 Å². The molecule has 0 spiro atoms. The van der Waals surface area contributed by atoms with Crippen molar-refractivity contribution in [2.24, 2.45) is 0 Å². The van der Waals surface area contributed by atoms with Crippen LogP contribution in [0, 0.1) is 0 Å². The Morgan fingerprint density at radius 1 is 0.750 bits per heavy atom. The van der Waals surface area contributed by atoms with E-state index in [1.807, 2.05) is 36.4 Å². The third kappa shape index (κ3) is 4.82. The van der Waals surface area contributed by atoms with Gasteiger partial charge in [-0.1, -0.05) is 66.1 Å². The van der Waals surface area contributed by atoms with Crippen molar-refractivity contribution in [3.05, 3.63) is 60.7 Å². The van der Waals surface area contributed by atoms with Crippen LogP contribution in [0.15, 0.2) is 60.7 Å². The Balaban J connectivity index is 0.000000165. The molecule has 2 N–H and O–H groups in total. The van der Waals surface area contributed by atoms with Crippen LogP contribution in [0.2, 0.25) is 0 Å². The molecule has 2 nitrogen and oxygen atoms in total. The minimum Gasteiger partial charge on any atom is -0.423 e. The highest BCUT2D eigenvalue weighted by Crippen LogP contribution is 1.82. The van der Waals surface area contributed by atoms with Crippen LogP contribution < -0.4 is 10.9 Å². The zero-order valence-electron chi connectivity index (χ0n) is 8.82. The molecule has 16 heavy (non-hydrogen) atoms. The second kappa shape index (κ2) is 6.88. The summed E-state index contributed by atoms with van der Waals surface area (Å²) in [6.45, 7) is 0. The summed E-state index contributed by atoms with van der Waals surface area (Å²) in [4.78, 5) is 0. The van der Waals surface area contributed by atoms with Crippen LogP contribution in [0.1, 0.15) is 0 Å². The average molecular weight is 210 g/mol. The molecule has 0 aliphatic heterocycles. The fourth-order valence-corrected chi connectivity index (χ4v) is 1.08. The van der Waals surface area contributed by atoms with E-state index in [4.69, 9.17) is 17.9 Å². The summed E-state index contributed by atoms with van der Waals surface area (Å²) in [7, 11) is 4.02. The molecule has 0 amide bonds. The van der Waals surface area contributed by atoms with E-state index < -0.39 is 7.12 Å². The normalized spacial score (nSPS) is 8.88. The molecule has 0 fully saturated rings. The Hall–Kier alpha value is -1.51. The van der Waals surface area contributed by atoms with Crippen molar-refractivity contribution in [2.75, 3.05) is 0 Å². The topological polar surface area (TPSA) is 40.5 Å². The first-order valence-corrected chi connectivity index (χ1v) is 4.92. The van der Waals surface area contributed by atoms with Crippen LogP contribution in [-0.2, 0) is 0 Å². The molecule has 4 heteroatoms. The van der Waals surface area contributed by atoms with E-state index in [-0.39, 0.29) is 0 Å². The smallest absolute Gasteiger partial charge is 0.423 e. The van der Waals surface area contributed by atoms with Crippen molar-refractivity contribution in [1.29, 1.82) is 0 Å². The first-order chi connectivity index (χ1) is 7.70. The van der Waals surface area contributed by atoms with Gasteiger partial charge in [-0.3, -0.25) is 0 Å². The SMILES string of the molecule is OB(O)c1ccccc1.[B]c1ccccc1. The maximum Gasteiger partial charge on any atom is 0.488 e. The zero-order chi connectivity index (χ0) is 11.8. The molecule has 0 aliphatic carbocycles. The lowest BCUT2D eigenvalue weighted by Crippen LogP contribution is -2.29. The van der Waals surface area contributed by atoms with Gasteiger partial charge in [-0.2, -0.15) is 0 Å². The average Bonchev–Trinajstić information content (AvgIpc) is 2.32. The molecule has 2 aromatic carbocycles. The molecule has 0 saturated heterocycles. The molecule has 0 atom stereocenters. The van der Waals surface area contributed by atoms with Crippen molar-refractivity contribution in [1.82, 2.24) is 0 Å². The van der Waals surface area contributed by atoms with Gasteiger partial charge in [0, 0.05) is 0 Å². The molecule has 0 heterocycles. The molecule has 0 aliphatic rings. The molecule has 2 rings (SSSR count). The van der Waals surface area contributed by atoms with Crippen molar-refractivity contribution in [3.8, 4) is 0 Å². The molecule has 2 aromatic rings. The van der Waals surface area contributed by atoms with E-state index in [2.05, 4.69) is 0 Å². The quantitative estimate of drug-likeness (QED) is 0.642. The third-order valence-corrected chi connectivity index (χ3v) is 1.90. The molecular formula is C12H12B2O2. The fraction of sp³-hybridized carbons (Fsp3) is 0. The predicted octanol–water partition coefficient (Wildman–Crippen LogP) is -0.153. The van der Waals surface area contributed by atoms with Gasteiger partial charge >= 0.3 is 7.12 Å². The molecule has 78 valence electrons. The lowest BCUT2D eigenvalue weighted by molar-refractivity contribution is 0.426. The predicted molar refractivity (Wildman–Crippen MR) is 68.1 cm³/mol. The highest BCUT2D eigenvalue weighted by molar-refractivity contribution is 6.58. The number of hydrogen-bond acceptors (Lipinski definition) is 2. The van der Waals surface area contributed by atoms with Crippen molar-refractivity contribution < 1.29 is 10.0 Å². The van der Waals surface area contributed by atoms with Gasteiger partial charge in [-0.05, 0) is 5.46 Å². The Morgan fingerprint density at radius 3 is 1.44 bits per heavy atom. The summed E-state index contributed by atoms with van der Waals surface area (Å²) in [5, 5.41) is 17.2. The van der Waals surface area contributed by atoms with Crippen LogP contribution >= 0.6 is 0 Å². The van der Waals surface area contributed by atoms with Gasteiger partial charge in [0.2, 0.25) is 0 Å². The van der Waals surface area contributed by atoms with Crippen LogP contribution in [0.5, 0.6) is 0 Å². The Morgan fingerprint density at radius 2 is 1.19 bits per heavy atom. The maximum absolute atomic E-state index is 8.58. The summed E-state index contributed by atoms with van der Waals surface area (Å²) in [5.41, 5.74) is 1.35. The van der Waals surface area contributed by atoms with Crippen LogP contribution in [0.4, 0.5) is 0 Å². The van der Waals surface area contributed by atoms with E-state index >= 15 is 0 Å². The van der Waals surface area contributed by atoms with Crippen molar-refractivity contribution in [3.63, 3.8) is 0 Å². The molecule has 2 radical (unpaired) electrons. The van der Waals surface area contributed by atoms with Crippen LogP contribution in [0.3, 0.4) is 0 Å². The first kappa shape index (κ1) is 12.6. The summed E-state index contributed by atoms with van der Waals surface area (Å²) < 4.78 is 0. The molecular weight excluding hydrogens is 198 g/mol. The minimum atomic E-state index is -1.34. The standard InChI is InChI=1S/C6H7BO2.C6H5B/c8-7(9)6-4-2-1-3-5-6;7-6-4-2-1-3-5-6/h1-5,8-9H;1-5H. The zero-order valence-corrected chi connectivity index (χ0v) is 8.82. The maximum atomic E-state index is 8.58. The second-order valence-electron chi connectivity index (χ2n) is 3.20. The first-order valence-electron chi connectivity index (χ1n) is 4.92. The van der Waals surface area contributed by atoms with Gasteiger partial charge in [0.1, 0.15) is 7.85 Å². The molecule has 0 bridgehead atoms. The number of benzene rings is 2. The lowest BCUT2D eigenvalue weighted by atomic mass is 9.81. The van der Waals surface area contributed by atoms with E-state index in [0.29, 0.717) is 5.46 Å². The van der Waals surface area contributed by atoms with E-state index in [9.17, 15) is 0 Å². The summed E-state index contributed by atoms with van der Waals surface area (Å²) in [6, 6.07) is 18.1. The van der Waals surface area contributed by atoms with Crippen molar-refractivity contribution in [2.45, 2.75) is 0 Å². The van der Waals surface area contributed by atoms with Gasteiger partial charge < -0.3 is 10.0 Å². The fourth-order valence-electron chi connectivity index (χ4n) is 1.08. The van der Waals surface area contributed by atoms with E-state index in [0.717, 1.165) is 5.46 Å². The largest absolute Gasteiger partial charge is 0.488 e. The van der Waals surface area contributed by atoms with Gasteiger partial charge in [-0.15, -0.1) is 0 Å². The Labute approximate surface area is 97.1 Å². The molecule has 0 unspecified atom stereocenters. The van der Waals surface area contributed by atoms with Gasteiger partial charge in [0.15, 0.2) is 0 Å². The highest BCUT2D eigenvalue weighted by Gasteiger charge is 2.07. The van der Waals surface area contributed by atoms with Gasteiger partial charge in [0.05, 0.1) is 0 Å². The van der Waals surface area contributed by atoms with Crippen LogP contribution in [0.25, 0.3) is 0 Å². The lowest BCUT2D eigenvalue weighted by Gasteiger charge is -1.94. The van der Waals surface area contributed by atoms with Gasteiger partial charge in [-0.25, -0.2) is 0 Å². The monoisotopic (exact) mass is 210 g/mol. The summed E-state index contributed by atoms with van der Waals surface area (Å²) >= 11 is 0. The van der Waals surface area contributed by atoms with Crippen molar-refractivity contribution >= 4 is 25.9 Å². The van der Waals surface area contributed by atoms with Gasteiger partial charge in [0.25, 0.3) is 0 Å².